The summed E-state index contributed by atoms with van der Waals surface area (Å²) in [4.78, 5) is 0. The van der Waals surface area contributed by atoms with Crippen molar-refractivity contribution in [3.8, 4) is 0 Å². The molecule has 2 rings (SSSR count). The predicted molar refractivity (Wildman–Crippen MR) is 75.0 cm³/mol. The Bertz CT molecular complexity index is 580. The standard InChI is InChI=1S/C14H17ClFN3/c1-4-19-13(7-9(2)18-19)14(17-3)11-8-10(16)5-6-12(11)15/h5-8,14,17H,4H2,1-3H3. The largest absolute Gasteiger partial charge is 0.308 e. The number of aromatic nitrogens is 2. The van der Waals surface area contributed by atoms with Crippen LogP contribution in [0.1, 0.15) is 29.9 Å². The second-order valence-electron chi connectivity index (χ2n) is 4.41. The predicted octanol–water partition coefficient (Wildman–Crippen LogP) is 3.31. The maximum atomic E-state index is 13.4. The quantitative estimate of drug-likeness (QED) is 0.932. The Morgan fingerprint density at radius 1 is 1.42 bits per heavy atom. The van der Waals surface area contributed by atoms with Gasteiger partial charge in [0.2, 0.25) is 0 Å². The molecule has 0 spiro atoms. The van der Waals surface area contributed by atoms with Gasteiger partial charge in [0.15, 0.2) is 0 Å². The summed E-state index contributed by atoms with van der Waals surface area (Å²) in [5.74, 6) is -0.293. The number of rotatable bonds is 4. The van der Waals surface area contributed by atoms with Gasteiger partial charge in [-0.15, -0.1) is 0 Å². The fourth-order valence-corrected chi connectivity index (χ4v) is 2.48. The van der Waals surface area contributed by atoms with Gasteiger partial charge in [-0.3, -0.25) is 4.68 Å². The van der Waals surface area contributed by atoms with Gasteiger partial charge in [0.25, 0.3) is 0 Å². The minimum atomic E-state index is -0.293. The summed E-state index contributed by atoms with van der Waals surface area (Å²) < 4.78 is 15.3. The van der Waals surface area contributed by atoms with Crippen molar-refractivity contribution in [3.05, 3.63) is 52.1 Å². The third-order valence-corrected chi connectivity index (χ3v) is 3.43. The van der Waals surface area contributed by atoms with Crippen LogP contribution < -0.4 is 5.32 Å². The molecule has 0 aliphatic carbocycles. The van der Waals surface area contributed by atoms with Crippen molar-refractivity contribution in [2.24, 2.45) is 0 Å². The van der Waals surface area contributed by atoms with Gasteiger partial charge in [0, 0.05) is 11.6 Å². The van der Waals surface area contributed by atoms with E-state index in [1.54, 1.807) is 6.07 Å². The molecule has 102 valence electrons. The third kappa shape index (κ3) is 2.80. The highest BCUT2D eigenvalue weighted by atomic mass is 35.5. The van der Waals surface area contributed by atoms with E-state index in [4.69, 9.17) is 11.6 Å². The van der Waals surface area contributed by atoms with Crippen LogP contribution in [0.3, 0.4) is 0 Å². The molecular weight excluding hydrogens is 265 g/mol. The smallest absolute Gasteiger partial charge is 0.123 e. The lowest BCUT2D eigenvalue weighted by molar-refractivity contribution is 0.557. The highest BCUT2D eigenvalue weighted by Crippen LogP contribution is 2.29. The molecular formula is C14H17ClFN3. The van der Waals surface area contributed by atoms with E-state index in [9.17, 15) is 4.39 Å². The van der Waals surface area contributed by atoms with Crippen molar-refractivity contribution in [2.45, 2.75) is 26.4 Å². The molecule has 0 saturated heterocycles. The molecule has 19 heavy (non-hydrogen) atoms. The van der Waals surface area contributed by atoms with Crippen LogP contribution in [0.15, 0.2) is 24.3 Å². The molecule has 0 aliphatic rings. The van der Waals surface area contributed by atoms with Crippen molar-refractivity contribution >= 4 is 11.6 Å². The van der Waals surface area contributed by atoms with E-state index < -0.39 is 0 Å². The fraction of sp³-hybridized carbons (Fsp3) is 0.357. The number of hydrogen-bond donors (Lipinski definition) is 1. The fourth-order valence-electron chi connectivity index (χ4n) is 2.25. The second kappa shape index (κ2) is 5.72. The molecule has 1 aromatic carbocycles. The molecule has 0 fully saturated rings. The van der Waals surface area contributed by atoms with Crippen molar-refractivity contribution < 1.29 is 4.39 Å². The van der Waals surface area contributed by atoms with Crippen LogP contribution in [-0.4, -0.2) is 16.8 Å². The van der Waals surface area contributed by atoms with E-state index in [1.807, 2.05) is 31.6 Å². The Morgan fingerprint density at radius 3 is 2.79 bits per heavy atom. The van der Waals surface area contributed by atoms with E-state index in [0.29, 0.717) is 5.02 Å². The van der Waals surface area contributed by atoms with Crippen LogP contribution in [0.25, 0.3) is 0 Å². The van der Waals surface area contributed by atoms with E-state index >= 15 is 0 Å². The molecule has 1 N–H and O–H groups in total. The van der Waals surface area contributed by atoms with Crippen molar-refractivity contribution in [3.63, 3.8) is 0 Å². The highest BCUT2D eigenvalue weighted by molar-refractivity contribution is 6.31. The Labute approximate surface area is 117 Å². The van der Waals surface area contributed by atoms with Gasteiger partial charge < -0.3 is 5.32 Å². The maximum Gasteiger partial charge on any atom is 0.123 e. The zero-order valence-corrected chi connectivity index (χ0v) is 12.0. The molecule has 3 nitrogen and oxygen atoms in total. The number of nitrogens with zero attached hydrogens (tertiary/aromatic N) is 2. The second-order valence-corrected chi connectivity index (χ2v) is 4.82. The monoisotopic (exact) mass is 281 g/mol. The first-order valence-electron chi connectivity index (χ1n) is 6.23. The van der Waals surface area contributed by atoms with E-state index in [0.717, 1.165) is 23.5 Å². The van der Waals surface area contributed by atoms with Gasteiger partial charge in [-0.25, -0.2) is 4.39 Å². The molecule has 1 aromatic heterocycles. The molecule has 2 aromatic rings. The van der Waals surface area contributed by atoms with Crippen LogP contribution in [0, 0.1) is 12.7 Å². The summed E-state index contributed by atoms with van der Waals surface area (Å²) >= 11 is 6.19. The Kier molecular flexibility index (Phi) is 4.22. The summed E-state index contributed by atoms with van der Waals surface area (Å²) in [5, 5.41) is 8.14. The van der Waals surface area contributed by atoms with Crippen molar-refractivity contribution in [2.75, 3.05) is 7.05 Å². The molecule has 1 heterocycles. The van der Waals surface area contributed by atoms with Crippen LogP contribution >= 0.6 is 11.6 Å². The molecule has 0 aliphatic heterocycles. The van der Waals surface area contributed by atoms with Gasteiger partial charge in [-0.2, -0.15) is 5.10 Å². The number of benzene rings is 1. The van der Waals surface area contributed by atoms with Crippen LogP contribution in [-0.2, 0) is 6.54 Å². The topological polar surface area (TPSA) is 29.9 Å². The lowest BCUT2D eigenvalue weighted by atomic mass is 10.0. The normalized spacial score (nSPS) is 12.7. The highest BCUT2D eigenvalue weighted by Gasteiger charge is 2.20. The first-order valence-corrected chi connectivity index (χ1v) is 6.61. The van der Waals surface area contributed by atoms with Crippen molar-refractivity contribution in [1.82, 2.24) is 15.1 Å². The molecule has 0 saturated carbocycles. The van der Waals surface area contributed by atoms with Gasteiger partial charge in [-0.1, -0.05) is 11.6 Å². The molecule has 1 unspecified atom stereocenters. The number of halogens is 2. The SMILES string of the molecule is CCn1nc(C)cc1C(NC)c1cc(F)ccc1Cl. The van der Waals surface area contributed by atoms with Gasteiger partial charge in [0.05, 0.1) is 17.4 Å². The van der Waals surface area contributed by atoms with Crippen molar-refractivity contribution in [1.29, 1.82) is 0 Å². The van der Waals surface area contributed by atoms with E-state index in [1.165, 1.54) is 12.1 Å². The summed E-state index contributed by atoms with van der Waals surface area (Å²) in [7, 11) is 1.83. The Balaban J connectivity index is 2.52. The number of hydrogen-bond acceptors (Lipinski definition) is 2. The van der Waals surface area contributed by atoms with Gasteiger partial charge >= 0.3 is 0 Å². The summed E-state index contributed by atoms with van der Waals surface area (Å²) in [6.07, 6.45) is 0. The summed E-state index contributed by atoms with van der Waals surface area (Å²) in [6.45, 7) is 4.72. The lowest BCUT2D eigenvalue weighted by Gasteiger charge is -2.19. The third-order valence-electron chi connectivity index (χ3n) is 3.09. The van der Waals surface area contributed by atoms with E-state index in [2.05, 4.69) is 10.4 Å². The number of nitrogens with one attached hydrogen (secondary N) is 1. The molecule has 1 atom stereocenters. The average molecular weight is 282 g/mol. The van der Waals surface area contributed by atoms with Gasteiger partial charge in [-0.05, 0) is 50.7 Å². The zero-order valence-electron chi connectivity index (χ0n) is 11.2. The van der Waals surface area contributed by atoms with Crippen LogP contribution in [0.4, 0.5) is 4.39 Å². The van der Waals surface area contributed by atoms with Crippen LogP contribution in [0.5, 0.6) is 0 Å². The Morgan fingerprint density at radius 2 is 2.16 bits per heavy atom. The number of aryl methyl sites for hydroxylation is 2. The first-order chi connectivity index (χ1) is 9.06. The molecule has 0 amide bonds. The minimum absolute atomic E-state index is 0.177. The first kappa shape index (κ1) is 14.0. The lowest BCUT2D eigenvalue weighted by Crippen LogP contribution is -2.21. The average Bonchev–Trinajstić information content (AvgIpc) is 2.76. The van der Waals surface area contributed by atoms with E-state index in [-0.39, 0.29) is 11.9 Å². The summed E-state index contributed by atoms with van der Waals surface area (Å²) in [6, 6.07) is 6.22. The van der Waals surface area contributed by atoms with Crippen LogP contribution in [0.2, 0.25) is 5.02 Å². The summed E-state index contributed by atoms with van der Waals surface area (Å²) in [5.41, 5.74) is 2.64. The minimum Gasteiger partial charge on any atom is -0.308 e. The Hall–Kier alpha value is -1.39. The zero-order chi connectivity index (χ0) is 14.0. The molecule has 0 bridgehead atoms. The van der Waals surface area contributed by atoms with Gasteiger partial charge in [0.1, 0.15) is 5.82 Å². The molecule has 0 radical (unpaired) electrons. The maximum absolute atomic E-state index is 13.4. The molecule has 5 heteroatoms.